The van der Waals surface area contributed by atoms with Crippen LogP contribution in [0.25, 0.3) is 33.5 Å². The Hall–Kier alpha value is -5.39. The first-order chi connectivity index (χ1) is 20.3. The van der Waals surface area contributed by atoms with E-state index in [9.17, 15) is 5.11 Å². The topological polar surface area (TPSA) is 70.4 Å². The van der Waals surface area contributed by atoms with Crippen LogP contribution in [-0.2, 0) is 0 Å². The van der Waals surface area contributed by atoms with Gasteiger partial charge in [0.1, 0.15) is 17.5 Å². The average Bonchev–Trinajstić information content (AvgIpc) is 3.06. The zero-order chi connectivity index (χ0) is 27.9. The maximum absolute atomic E-state index is 11.4. The van der Waals surface area contributed by atoms with Gasteiger partial charge in [-0.25, -0.2) is 0 Å². The van der Waals surface area contributed by atoms with E-state index in [2.05, 4.69) is 34.8 Å². The summed E-state index contributed by atoms with van der Waals surface area (Å²) in [6, 6.07) is 49.6. The third-order valence-corrected chi connectivity index (χ3v) is 6.87. The van der Waals surface area contributed by atoms with Crippen molar-refractivity contribution in [2.75, 3.05) is 5.43 Å². The quantitative estimate of drug-likeness (QED) is 0.154. The van der Waals surface area contributed by atoms with Gasteiger partial charge in [0.15, 0.2) is 5.82 Å². The van der Waals surface area contributed by atoms with Gasteiger partial charge in [0, 0.05) is 22.3 Å². The molecule has 1 atom stereocenters. The standard InChI is InChI=1S/C36H28N4O/c41-35(30-24-14-5-15-25-30)34(29-22-12-4-13-23-29)38-40-36-32(27-18-8-2-9-19-27)31(26-16-6-1-7-17-26)33(37-39-36)28-20-10-3-11-21-28/h1-25,35,41H,(H,39,40)/b38-34-/t35-/m0/s1. The monoisotopic (exact) mass is 532 g/mol. The molecule has 0 saturated carbocycles. The zero-order valence-electron chi connectivity index (χ0n) is 22.3. The Labute approximate surface area is 239 Å². The molecule has 2 N–H and O–H groups in total. The second-order valence-electron chi connectivity index (χ2n) is 9.53. The molecule has 0 bridgehead atoms. The first-order valence-corrected chi connectivity index (χ1v) is 13.5. The van der Waals surface area contributed by atoms with Crippen molar-refractivity contribution in [1.82, 2.24) is 10.2 Å². The minimum absolute atomic E-state index is 0.478. The van der Waals surface area contributed by atoms with Crippen LogP contribution in [0.5, 0.6) is 0 Å². The highest BCUT2D eigenvalue weighted by atomic mass is 16.3. The molecule has 0 radical (unpaired) electrons. The van der Waals surface area contributed by atoms with Crippen LogP contribution in [0.3, 0.4) is 0 Å². The van der Waals surface area contributed by atoms with Crippen LogP contribution < -0.4 is 5.43 Å². The van der Waals surface area contributed by atoms with Crippen molar-refractivity contribution < 1.29 is 5.11 Å². The third-order valence-electron chi connectivity index (χ3n) is 6.87. The Morgan fingerprint density at radius 2 is 1.00 bits per heavy atom. The van der Waals surface area contributed by atoms with Gasteiger partial charge >= 0.3 is 0 Å². The molecular weight excluding hydrogens is 504 g/mol. The fourth-order valence-electron chi connectivity index (χ4n) is 4.88. The normalized spacial score (nSPS) is 12.1. The van der Waals surface area contributed by atoms with Crippen LogP contribution >= 0.6 is 0 Å². The van der Waals surface area contributed by atoms with Gasteiger partial charge in [-0.1, -0.05) is 152 Å². The van der Waals surface area contributed by atoms with E-state index in [1.54, 1.807) is 0 Å². The minimum Gasteiger partial charge on any atom is -0.382 e. The number of aliphatic hydroxyl groups excluding tert-OH is 1. The summed E-state index contributed by atoms with van der Waals surface area (Å²) in [5.74, 6) is 0.489. The largest absolute Gasteiger partial charge is 0.382 e. The number of hydrogen-bond acceptors (Lipinski definition) is 5. The molecule has 0 spiro atoms. The lowest BCUT2D eigenvalue weighted by molar-refractivity contribution is 0.248. The van der Waals surface area contributed by atoms with Crippen molar-refractivity contribution in [3.05, 3.63) is 163 Å². The fourth-order valence-corrected chi connectivity index (χ4v) is 4.88. The second kappa shape index (κ2) is 12.2. The summed E-state index contributed by atoms with van der Waals surface area (Å²) in [5.41, 5.74) is 10.8. The number of rotatable bonds is 8. The highest BCUT2D eigenvalue weighted by Crippen LogP contribution is 2.42. The Bertz CT molecular complexity index is 1740. The van der Waals surface area contributed by atoms with Gasteiger partial charge in [0.25, 0.3) is 0 Å². The molecule has 0 amide bonds. The zero-order valence-corrected chi connectivity index (χ0v) is 22.3. The van der Waals surface area contributed by atoms with Crippen LogP contribution in [0.2, 0.25) is 0 Å². The van der Waals surface area contributed by atoms with Gasteiger partial charge < -0.3 is 5.11 Å². The molecule has 41 heavy (non-hydrogen) atoms. The molecule has 0 unspecified atom stereocenters. The van der Waals surface area contributed by atoms with Crippen molar-refractivity contribution in [2.45, 2.75) is 6.10 Å². The van der Waals surface area contributed by atoms with Crippen molar-refractivity contribution in [3.63, 3.8) is 0 Å². The summed E-state index contributed by atoms with van der Waals surface area (Å²) in [5, 5.41) is 25.6. The van der Waals surface area contributed by atoms with E-state index in [1.165, 1.54) is 0 Å². The van der Waals surface area contributed by atoms with E-state index in [1.807, 2.05) is 127 Å². The van der Waals surface area contributed by atoms with Gasteiger partial charge in [-0.2, -0.15) is 5.10 Å². The van der Waals surface area contributed by atoms with Crippen LogP contribution in [0.15, 0.2) is 157 Å². The number of aliphatic hydroxyl groups is 1. The summed E-state index contributed by atoms with van der Waals surface area (Å²) in [6.45, 7) is 0. The Morgan fingerprint density at radius 1 is 0.537 bits per heavy atom. The van der Waals surface area contributed by atoms with E-state index in [0.717, 1.165) is 44.6 Å². The molecule has 198 valence electrons. The Kier molecular flexibility index (Phi) is 7.70. The van der Waals surface area contributed by atoms with Crippen LogP contribution in [-0.4, -0.2) is 21.0 Å². The molecule has 1 aromatic heterocycles. The minimum atomic E-state index is -0.948. The van der Waals surface area contributed by atoms with Gasteiger partial charge in [-0.05, 0) is 16.7 Å². The number of aromatic nitrogens is 2. The molecular formula is C36H28N4O. The van der Waals surface area contributed by atoms with Crippen molar-refractivity contribution in [2.24, 2.45) is 5.10 Å². The lowest BCUT2D eigenvalue weighted by Crippen LogP contribution is -2.16. The maximum atomic E-state index is 11.4. The Morgan fingerprint density at radius 3 is 1.56 bits per heavy atom. The number of nitrogens with one attached hydrogen (secondary N) is 1. The summed E-state index contributed by atoms with van der Waals surface area (Å²) < 4.78 is 0. The van der Waals surface area contributed by atoms with Crippen molar-refractivity contribution in [3.8, 4) is 33.5 Å². The Balaban J connectivity index is 1.55. The summed E-state index contributed by atoms with van der Waals surface area (Å²) in [6.07, 6.45) is -0.948. The fraction of sp³-hybridized carbons (Fsp3) is 0.0278. The van der Waals surface area contributed by atoms with Crippen molar-refractivity contribution >= 4 is 11.5 Å². The smallest absolute Gasteiger partial charge is 0.177 e. The maximum Gasteiger partial charge on any atom is 0.177 e. The lowest BCUT2D eigenvalue weighted by atomic mass is 9.91. The van der Waals surface area contributed by atoms with Crippen LogP contribution in [0, 0.1) is 0 Å². The second-order valence-corrected chi connectivity index (χ2v) is 9.53. The molecule has 5 aromatic carbocycles. The molecule has 0 aliphatic carbocycles. The van der Waals surface area contributed by atoms with Crippen molar-refractivity contribution in [1.29, 1.82) is 0 Å². The van der Waals surface area contributed by atoms with Gasteiger partial charge in [-0.15, -0.1) is 10.2 Å². The molecule has 6 rings (SSSR count). The number of anilines is 1. The summed E-state index contributed by atoms with van der Waals surface area (Å²) in [4.78, 5) is 0. The molecule has 5 heteroatoms. The average molecular weight is 533 g/mol. The van der Waals surface area contributed by atoms with E-state index in [-0.39, 0.29) is 0 Å². The molecule has 0 fully saturated rings. The molecule has 0 aliphatic rings. The molecule has 5 nitrogen and oxygen atoms in total. The molecule has 0 aliphatic heterocycles. The number of hydrazone groups is 1. The van der Waals surface area contributed by atoms with Gasteiger partial charge in [-0.3, -0.25) is 5.43 Å². The molecule has 6 aromatic rings. The van der Waals surface area contributed by atoms with Gasteiger partial charge in [0.2, 0.25) is 0 Å². The number of hydrogen-bond donors (Lipinski definition) is 2. The first-order valence-electron chi connectivity index (χ1n) is 13.5. The SMILES string of the molecule is O[C@H](/C(=N\Nc1nnc(-c2ccccc2)c(-c2ccccc2)c1-c1ccccc1)c1ccccc1)c1ccccc1. The lowest BCUT2D eigenvalue weighted by Gasteiger charge is -2.19. The van der Waals surface area contributed by atoms with Gasteiger partial charge in [0.05, 0.1) is 0 Å². The van der Waals surface area contributed by atoms with E-state index in [4.69, 9.17) is 10.2 Å². The van der Waals surface area contributed by atoms with E-state index >= 15 is 0 Å². The number of nitrogens with zero attached hydrogens (tertiary/aromatic N) is 3. The summed E-state index contributed by atoms with van der Waals surface area (Å²) in [7, 11) is 0. The molecule has 1 heterocycles. The summed E-state index contributed by atoms with van der Waals surface area (Å²) >= 11 is 0. The molecule has 0 saturated heterocycles. The third kappa shape index (κ3) is 5.66. The first kappa shape index (κ1) is 25.9. The predicted octanol–water partition coefficient (Wildman–Crippen LogP) is 8.03. The number of benzene rings is 5. The highest BCUT2D eigenvalue weighted by molar-refractivity contribution is 6.05. The van der Waals surface area contributed by atoms with Crippen LogP contribution in [0.1, 0.15) is 17.2 Å². The predicted molar refractivity (Wildman–Crippen MR) is 166 cm³/mol. The van der Waals surface area contributed by atoms with Crippen LogP contribution in [0.4, 0.5) is 5.82 Å². The van der Waals surface area contributed by atoms with E-state index in [0.29, 0.717) is 11.5 Å². The van der Waals surface area contributed by atoms with E-state index < -0.39 is 6.10 Å². The highest BCUT2D eigenvalue weighted by Gasteiger charge is 2.22.